The molecule has 1 aromatic heterocycles. The van der Waals surface area contributed by atoms with Crippen LogP contribution in [0.25, 0.3) is 0 Å². The van der Waals surface area contributed by atoms with E-state index in [4.69, 9.17) is 11.6 Å². The molecular weight excluding hydrogens is 515 g/mol. The van der Waals surface area contributed by atoms with Crippen molar-refractivity contribution < 1.29 is 26.7 Å². The summed E-state index contributed by atoms with van der Waals surface area (Å²) in [7, 11) is 1.53. The minimum absolute atomic E-state index is 0.0831. The molecule has 0 fully saturated rings. The molecule has 11 heteroatoms. The number of amides is 1. The summed E-state index contributed by atoms with van der Waals surface area (Å²) in [4.78, 5) is 19.5. The van der Waals surface area contributed by atoms with Gasteiger partial charge in [0.05, 0.1) is 17.3 Å². The number of rotatable bonds is 7. The number of carbonyl (C=O) groups excluding carboxylic acids is 1. The highest BCUT2D eigenvalue weighted by Gasteiger charge is 2.40. The molecule has 37 heavy (non-hydrogen) atoms. The van der Waals surface area contributed by atoms with Crippen LogP contribution in [0.3, 0.4) is 0 Å². The number of hydrogen-bond acceptors (Lipinski definition) is 3. The fourth-order valence-electron chi connectivity index (χ4n) is 5.01. The van der Waals surface area contributed by atoms with E-state index in [1.165, 1.54) is 7.05 Å². The summed E-state index contributed by atoms with van der Waals surface area (Å²) in [6.45, 7) is 2.89. The van der Waals surface area contributed by atoms with E-state index in [1.807, 2.05) is 46.7 Å². The first-order valence-electron chi connectivity index (χ1n) is 11.9. The van der Waals surface area contributed by atoms with Gasteiger partial charge >= 0.3 is 6.18 Å². The molecule has 4 rings (SSSR count). The van der Waals surface area contributed by atoms with Gasteiger partial charge in [0.15, 0.2) is 5.15 Å². The number of carbonyl (C=O) groups is 1. The predicted molar refractivity (Wildman–Crippen MR) is 129 cm³/mol. The molecule has 2 heterocycles. The van der Waals surface area contributed by atoms with Gasteiger partial charge in [-0.15, -0.1) is 0 Å². The lowest BCUT2D eigenvalue weighted by Gasteiger charge is -2.41. The van der Waals surface area contributed by atoms with E-state index in [1.54, 1.807) is 0 Å². The molecule has 3 aromatic rings. The second kappa shape index (κ2) is 10.8. The topological polar surface area (TPSA) is 50.2 Å². The number of nitrogens with one attached hydrogen (secondary N) is 1. The molecule has 0 radical (unpaired) electrons. The molecule has 1 aliphatic heterocycles. The van der Waals surface area contributed by atoms with Crippen molar-refractivity contribution in [1.29, 1.82) is 0 Å². The molecule has 0 spiro atoms. The molecule has 0 unspecified atom stereocenters. The number of likely N-dealkylation sites (N-methyl/N-ethyl adjacent to an activating group) is 1. The standard InChI is InChI=1S/C26H26ClF5N4O/c1-3-21-34-24(27)23-20(10-9-16-13-19(29)17(14-18(16)28)26(30,31)32)35(11-12-36(21)23)22(25(37)33-2)15-7-5-4-6-8-15/h4-8,13-14,20,22H,3,9-12H2,1-2H3,(H,33,37)/t20-,22+/m0/s1. The van der Waals surface area contributed by atoms with E-state index in [-0.39, 0.29) is 35.5 Å². The van der Waals surface area contributed by atoms with Crippen LogP contribution in [0, 0.1) is 11.6 Å². The van der Waals surface area contributed by atoms with Crippen molar-refractivity contribution in [2.45, 2.75) is 51.0 Å². The summed E-state index contributed by atoms with van der Waals surface area (Å²) in [6.07, 6.45) is -4.31. The second-order valence-corrected chi connectivity index (χ2v) is 9.21. The lowest BCUT2D eigenvalue weighted by atomic mass is 9.94. The van der Waals surface area contributed by atoms with E-state index in [0.717, 1.165) is 11.4 Å². The Balaban J connectivity index is 1.75. The van der Waals surface area contributed by atoms with Gasteiger partial charge in [-0.1, -0.05) is 48.9 Å². The van der Waals surface area contributed by atoms with Crippen molar-refractivity contribution >= 4 is 17.5 Å². The minimum atomic E-state index is -5.00. The van der Waals surface area contributed by atoms with Crippen molar-refractivity contribution in [3.63, 3.8) is 0 Å². The second-order valence-electron chi connectivity index (χ2n) is 8.85. The Morgan fingerprint density at radius 2 is 1.86 bits per heavy atom. The molecular formula is C26H26ClF5N4O. The van der Waals surface area contributed by atoms with Crippen LogP contribution in [0.4, 0.5) is 22.0 Å². The summed E-state index contributed by atoms with van der Waals surface area (Å²) in [5, 5.41) is 2.94. The number of nitrogens with zero attached hydrogens (tertiary/aromatic N) is 3. The van der Waals surface area contributed by atoms with Crippen LogP contribution in [-0.4, -0.2) is 34.0 Å². The fourth-order valence-corrected chi connectivity index (χ4v) is 5.34. The van der Waals surface area contributed by atoms with Crippen molar-refractivity contribution in [2.75, 3.05) is 13.6 Å². The summed E-state index contributed by atoms with van der Waals surface area (Å²) < 4.78 is 69.9. The van der Waals surface area contributed by atoms with E-state index >= 15 is 0 Å². The van der Waals surface area contributed by atoms with Gasteiger partial charge in [-0.05, 0) is 36.1 Å². The first-order valence-corrected chi connectivity index (χ1v) is 12.3. The summed E-state index contributed by atoms with van der Waals surface area (Å²) >= 11 is 6.56. The number of fused-ring (bicyclic) bond motifs is 1. The van der Waals surface area contributed by atoms with Gasteiger partial charge < -0.3 is 9.88 Å². The molecule has 5 nitrogen and oxygen atoms in total. The molecule has 0 saturated heterocycles. The molecule has 1 aliphatic rings. The van der Waals surface area contributed by atoms with Gasteiger partial charge in [0.1, 0.15) is 23.5 Å². The number of imidazole rings is 1. The zero-order chi connectivity index (χ0) is 26.9. The van der Waals surface area contributed by atoms with E-state index in [9.17, 15) is 26.7 Å². The minimum Gasteiger partial charge on any atom is -0.358 e. The third-order valence-electron chi connectivity index (χ3n) is 6.73. The van der Waals surface area contributed by atoms with E-state index < -0.39 is 35.5 Å². The van der Waals surface area contributed by atoms with Gasteiger partial charge in [0.2, 0.25) is 5.91 Å². The molecule has 198 valence electrons. The average molecular weight is 541 g/mol. The van der Waals surface area contributed by atoms with Crippen LogP contribution >= 0.6 is 11.6 Å². The summed E-state index contributed by atoms with van der Waals surface area (Å²) in [5.74, 6) is -2.18. The summed E-state index contributed by atoms with van der Waals surface area (Å²) in [5.41, 5.74) is -0.462. The first-order chi connectivity index (χ1) is 17.6. The van der Waals surface area contributed by atoms with Gasteiger partial charge in [-0.3, -0.25) is 9.69 Å². The monoisotopic (exact) mass is 540 g/mol. The lowest BCUT2D eigenvalue weighted by molar-refractivity contribution is -0.140. The highest BCUT2D eigenvalue weighted by atomic mass is 35.5. The van der Waals surface area contributed by atoms with E-state index in [2.05, 4.69) is 10.3 Å². The Kier molecular flexibility index (Phi) is 7.89. The number of alkyl halides is 3. The number of benzene rings is 2. The summed E-state index contributed by atoms with van der Waals surface area (Å²) in [6, 6.07) is 8.64. The van der Waals surface area contributed by atoms with Crippen molar-refractivity contribution in [3.05, 3.63) is 87.5 Å². The maximum Gasteiger partial charge on any atom is 0.419 e. The van der Waals surface area contributed by atoms with Crippen LogP contribution in [0.15, 0.2) is 42.5 Å². The van der Waals surface area contributed by atoms with Gasteiger partial charge in [0, 0.05) is 26.6 Å². The molecule has 2 aromatic carbocycles. The number of aryl methyl sites for hydroxylation is 2. The van der Waals surface area contributed by atoms with Gasteiger partial charge in [-0.2, -0.15) is 13.2 Å². The highest BCUT2D eigenvalue weighted by molar-refractivity contribution is 6.30. The quantitative estimate of drug-likeness (QED) is 0.381. The van der Waals surface area contributed by atoms with Gasteiger partial charge in [0.25, 0.3) is 0 Å². The maximum absolute atomic E-state index is 14.7. The Morgan fingerprint density at radius 1 is 1.16 bits per heavy atom. The molecule has 0 saturated carbocycles. The van der Waals surface area contributed by atoms with Crippen molar-refractivity contribution in [2.24, 2.45) is 0 Å². The fraction of sp³-hybridized carbons (Fsp3) is 0.385. The Bertz CT molecular complexity index is 1280. The van der Waals surface area contributed by atoms with Crippen LogP contribution < -0.4 is 5.32 Å². The van der Waals surface area contributed by atoms with Crippen LogP contribution in [-0.2, 0) is 30.4 Å². The SMILES string of the molecule is CCc1nc(Cl)c2n1CCN([C@@H](C(=O)NC)c1ccccc1)[C@H]2CCc1cc(F)c(C(F)(F)F)cc1F. The molecule has 0 aliphatic carbocycles. The largest absolute Gasteiger partial charge is 0.419 e. The third kappa shape index (κ3) is 5.36. The number of halogens is 6. The first kappa shape index (κ1) is 27.1. The predicted octanol–water partition coefficient (Wildman–Crippen LogP) is 5.87. The number of aromatic nitrogens is 2. The average Bonchev–Trinajstić information content (AvgIpc) is 3.20. The normalized spacial score (nSPS) is 16.9. The van der Waals surface area contributed by atoms with Gasteiger partial charge in [-0.25, -0.2) is 13.8 Å². The van der Waals surface area contributed by atoms with E-state index in [0.29, 0.717) is 31.3 Å². The molecule has 1 N–H and O–H groups in total. The highest BCUT2D eigenvalue weighted by Crippen LogP contribution is 2.41. The number of hydrogen-bond donors (Lipinski definition) is 1. The zero-order valence-corrected chi connectivity index (χ0v) is 21.0. The van der Waals surface area contributed by atoms with Crippen LogP contribution in [0.2, 0.25) is 5.15 Å². The lowest BCUT2D eigenvalue weighted by Crippen LogP contribution is -2.46. The van der Waals surface area contributed by atoms with Crippen molar-refractivity contribution in [3.8, 4) is 0 Å². The molecule has 2 atom stereocenters. The third-order valence-corrected chi connectivity index (χ3v) is 7.00. The smallest absolute Gasteiger partial charge is 0.358 e. The van der Waals surface area contributed by atoms with Crippen molar-refractivity contribution in [1.82, 2.24) is 19.8 Å². The Labute approximate surface area is 216 Å². The zero-order valence-electron chi connectivity index (χ0n) is 20.2. The molecule has 1 amide bonds. The molecule has 0 bridgehead atoms. The van der Waals surface area contributed by atoms with Crippen LogP contribution in [0.1, 0.15) is 53.6 Å². The maximum atomic E-state index is 14.7. The Hall–Kier alpha value is -2.98. The Morgan fingerprint density at radius 3 is 2.49 bits per heavy atom. The van der Waals surface area contributed by atoms with Crippen LogP contribution in [0.5, 0.6) is 0 Å².